The van der Waals surface area contributed by atoms with E-state index in [-0.39, 0.29) is 0 Å². The molecule has 0 saturated heterocycles. The van der Waals surface area contributed by atoms with Gasteiger partial charge in [0.15, 0.2) is 0 Å². The largest absolute Gasteiger partial charge is 0.0988 e. The van der Waals surface area contributed by atoms with E-state index >= 15 is 0 Å². The second-order valence-electron chi connectivity index (χ2n) is 7.75. The Morgan fingerprint density at radius 3 is 1.06 bits per heavy atom. The average molecular weight is 433 g/mol. The Hall–Kier alpha value is -2.60. The van der Waals surface area contributed by atoms with Crippen LogP contribution in [0.15, 0.2) is 98.6 Å². The highest BCUT2D eigenvalue weighted by atomic mass is 14.0. The van der Waals surface area contributed by atoms with E-state index in [1.165, 1.54) is 68.9 Å². The fraction of sp³-hybridized carbons (Fsp3) is 0.375. The summed E-state index contributed by atoms with van der Waals surface area (Å²) in [6, 6.07) is 20.1. The minimum Gasteiger partial charge on any atom is -0.0988 e. The highest BCUT2D eigenvalue weighted by molar-refractivity contribution is 5.46. The Morgan fingerprint density at radius 2 is 0.875 bits per heavy atom. The molecular formula is C32H48. The minimum atomic E-state index is 1.02. The number of hydrogen-bond donors (Lipinski definition) is 0. The third-order valence-corrected chi connectivity index (χ3v) is 4.63. The molecule has 0 N–H and O–H groups in total. The molecule has 176 valence electrons. The van der Waals surface area contributed by atoms with Crippen molar-refractivity contribution in [3.8, 4) is 0 Å². The zero-order valence-corrected chi connectivity index (χ0v) is 21.2. The predicted molar refractivity (Wildman–Crippen MR) is 151 cm³/mol. The summed E-state index contributed by atoms with van der Waals surface area (Å²) in [5, 5.41) is 0. The van der Waals surface area contributed by atoms with E-state index in [0.717, 1.165) is 5.57 Å². The van der Waals surface area contributed by atoms with Crippen molar-refractivity contribution in [1.29, 1.82) is 0 Å². The van der Waals surface area contributed by atoms with Gasteiger partial charge in [-0.05, 0) is 18.1 Å². The second kappa shape index (κ2) is 26.4. The van der Waals surface area contributed by atoms with Gasteiger partial charge in [0, 0.05) is 0 Å². The molecule has 0 heteroatoms. The van der Waals surface area contributed by atoms with Gasteiger partial charge in [0.25, 0.3) is 0 Å². The van der Waals surface area contributed by atoms with Crippen LogP contribution in [0, 0.1) is 0 Å². The Balaban J connectivity index is 0. The van der Waals surface area contributed by atoms with Gasteiger partial charge in [-0.15, -0.1) is 0 Å². The van der Waals surface area contributed by atoms with Crippen molar-refractivity contribution in [3.05, 3.63) is 110 Å². The van der Waals surface area contributed by atoms with Gasteiger partial charge in [0.1, 0.15) is 0 Å². The molecule has 0 aliphatic carbocycles. The molecule has 2 aromatic rings. The average Bonchev–Trinajstić information content (AvgIpc) is 2.85. The van der Waals surface area contributed by atoms with Gasteiger partial charge in [0.05, 0.1) is 0 Å². The predicted octanol–water partition coefficient (Wildman–Crippen LogP) is 10.9. The normalized spacial score (nSPS) is 8.84. The maximum atomic E-state index is 3.63. The smallest absolute Gasteiger partial charge is 0.0263 e. The lowest BCUT2D eigenvalue weighted by molar-refractivity contribution is 0.572. The van der Waals surface area contributed by atoms with E-state index in [1.54, 1.807) is 6.08 Å². The van der Waals surface area contributed by atoms with Crippen LogP contribution in [0.3, 0.4) is 0 Å². The van der Waals surface area contributed by atoms with Crippen molar-refractivity contribution in [2.24, 2.45) is 0 Å². The van der Waals surface area contributed by atoms with Crippen LogP contribution in [-0.2, 0) is 0 Å². The second-order valence-corrected chi connectivity index (χ2v) is 7.75. The molecule has 0 saturated carbocycles. The molecule has 0 bridgehead atoms. The Morgan fingerprint density at radius 1 is 0.594 bits per heavy atom. The number of allylic oxidation sites excluding steroid dienone is 2. The molecule has 0 unspecified atom stereocenters. The van der Waals surface area contributed by atoms with Gasteiger partial charge in [-0.3, -0.25) is 0 Å². The molecule has 0 aliphatic heterocycles. The van der Waals surface area contributed by atoms with Crippen LogP contribution in [0.1, 0.15) is 89.7 Å². The third-order valence-electron chi connectivity index (χ3n) is 4.63. The zero-order valence-electron chi connectivity index (χ0n) is 21.2. The van der Waals surface area contributed by atoms with Gasteiger partial charge < -0.3 is 0 Å². The van der Waals surface area contributed by atoms with Crippen LogP contribution >= 0.6 is 0 Å². The lowest BCUT2D eigenvalue weighted by Gasteiger charge is -1.98. The molecular weight excluding hydrogens is 384 g/mol. The first-order chi connectivity index (χ1) is 15.5. The van der Waals surface area contributed by atoms with Crippen molar-refractivity contribution < 1.29 is 0 Å². The van der Waals surface area contributed by atoms with Crippen molar-refractivity contribution in [1.82, 2.24) is 0 Å². The number of rotatable bonds is 11. The van der Waals surface area contributed by atoms with Crippen molar-refractivity contribution in [3.63, 3.8) is 0 Å². The fourth-order valence-corrected chi connectivity index (χ4v) is 2.56. The van der Waals surface area contributed by atoms with Crippen molar-refractivity contribution in [2.75, 3.05) is 0 Å². The maximum absolute atomic E-state index is 3.63. The first-order valence-corrected chi connectivity index (χ1v) is 12.2. The monoisotopic (exact) mass is 432 g/mol. The van der Waals surface area contributed by atoms with E-state index in [2.05, 4.69) is 40.2 Å². The number of hydrogen-bond acceptors (Lipinski definition) is 0. The summed E-state index contributed by atoms with van der Waals surface area (Å²) < 4.78 is 0. The van der Waals surface area contributed by atoms with Crippen molar-refractivity contribution in [2.45, 2.75) is 78.6 Å². The summed E-state index contributed by atoms with van der Waals surface area (Å²) in [6.45, 7) is 20.7. The van der Waals surface area contributed by atoms with Gasteiger partial charge in [-0.25, -0.2) is 0 Å². The molecule has 0 nitrogen and oxygen atoms in total. The summed E-state index contributed by atoms with van der Waals surface area (Å²) in [7, 11) is 0. The van der Waals surface area contributed by atoms with Crippen molar-refractivity contribution >= 4 is 12.2 Å². The minimum absolute atomic E-state index is 1.02. The van der Waals surface area contributed by atoms with Gasteiger partial charge in [0.2, 0.25) is 0 Å². The molecule has 0 aliphatic rings. The first-order valence-electron chi connectivity index (χ1n) is 12.2. The molecule has 32 heavy (non-hydrogen) atoms. The van der Waals surface area contributed by atoms with Gasteiger partial charge in [-0.1, -0.05) is 182 Å². The summed E-state index contributed by atoms with van der Waals surface area (Å²) in [5.41, 5.74) is 3.37. The standard InChI is InChI=1S/C11H24.2C8H8.C5H8/c1-3-5-7-9-11-10-8-6-4-2;2*1-2-8-6-4-3-5-7-8;1-4-5(2)3/h3-11H2,1-2H3;2*2-7H,1H2;4H,1-2H2,3H3. The highest BCUT2D eigenvalue weighted by Gasteiger charge is 1.89. The Labute approximate surface area is 200 Å². The molecule has 0 spiro atoms. The van der Waals surface area contributed by atoms with E-state index in [9.17, 15) is 0 Å². The molecule has 0 amide bonds. The van der Waals surface area contributed by atoms with Gasteiger partial charge >= 0.3 is 0 Å². The molecule has 0 atom stereocenters. The van der Waals surface area contributed by atoms with E-state index in [0.29, 0.717) is 0 Å². The van der Waals surface area contributed by atoms with Crippen LogP contribution in [0.5, 0.6) is 0 Å². The van der Waals surface area contributed by atoms with Crippen LogP contribution in [0.4, 0.5) is 0 Å². The molecule has 2 rings (SSSR count). The van der Waals surface area contributed by atoms with Crippen LogP contribution in [0.25, 0.3) is 12.2 Å². The third kappa shape index (κ3) is 25.4. The maximum Gasteiger partial charge on any atom is -0.0263 e. The molecule has 0 radical (unpaired) electrons. The fourth-order valence-electron chi connectivity index (χ4n) is 2.56. The summed E-state index contributed by atoms with van der Waals surface area (Å²) >= 11 is 0. The molecule has 0 fully saturated rings. The van der Waals surface area contributed by atoms with E-state index in [1.807, 2.05) is 79.7 Å². The Kier molecular flexibility index (Phi) is 26.1. The van der Waals surface area contributed by atoms with Gasteiger partial charge in [-0.2, -0.15) is 0 Å². The summed E-state index contributed by atoms with van der Waals surface area (Å²) in [6.07, 6.45) is 18.3. The lowest BCUT2D eigenvalue weighted by atomic mass is 10.1. The molecule has 0 heterocycles. The topological polar surface area (TPSA) is 0 Å². The van der Waals surface area contributed by atoms with E-state index in [4.69, 9.17) is 0 Å². The summed E-state index contributed by atoms with van der Waals surface area (Å²) in [4.78, 5) is 0. The van der Waals surface area contributed by atoms with Crippen LogP contribution in [0.2, 0.25) is 0 Å². The SMILES string of the molecule is C=CC(=C)C.C=Cc1ccccc1.C=Cc1ccccc1.CCCCCCCCCCC. The molecule has 2 aromatic carbocycles. The van der Waals surface area contributed by atoms with E-state index < -0.39 is 0 Å². The summed E-state index contributed by atoms with van der Waals surface area (Å²) in [5.74, 6) is 0. The highest BCUT2D eigenvalue weighted by Crippen LogP contribution is 2.08. The van der Waals surface area contributed by atoms with Crippen LogP contribution in [-0.4, -0.2) is 0 Å². The lowest BCUT2D eigenvalue weighted by Crippen LogP contribution is -1.79. The quantitative estimate of drug-likeness (QED) is 0.244. The number of benzene rings is 2. The first kappa shape index (κ1) is 31.6. The Bertz CT molecular complexity index is 612. The zero-order chi connectivity index (χ0) is 24.3. The van der Waals surface area contributed by atoms with Crippen LogP contribution < -0.4 is 0 Å². The molecule has 0 aromatic heterocycles. The number of unbranched alkanes of at least 4 members (excludes halogenated alkanes) is 8.